The number of ether oxygens (including phenoxy) is 2. The molecular formula is C18H23NO4S. The van der Waals surface area contributed by atoms with Crippen molar-refractivity contribution in [1.82, 2.24) is 4.72 Å². The third kappa shape index (κ3) is 4.49. The van der Waals surface area contributed by atoms with Gasteiger partial charge in [-0.05, 0) is 48.7 Å². The molecule has 0 aliphatic carbocycles. The van der Waals surface area contributed by atoms with Crippen molar-refractivity contribution in [2.24, 2.45) is 0 Å². The molecule has 0 saturated heterocycles. The van der Waals surface area contributed by atoms with E-state index in [0.717, 1.165) is 17.7 Å². The van der Waals surface area contributed by atoms with Crippen LogP contribution in [0, 0.1) is 6.92 Å². The van der Waals surface area contributed by atoms with Gasteiger partial charge in [0.15, 0.2) is 0 Å². The van der Waals surface area contributed by atoms with Crippen molar-refractivity contribution in [3.63, 3.8) is 0 Å². The Morgan fingerprint density at radius 2 is 1.88 bits per heavy atom. The zero-order valence-corrected chi connectivity index (χ0v) is 15.0. The molecule has 0 spiro atoms. The summed E-state index contributed by atoms with van der Waals surface area (Å²) in [4.78, 5) is 0.247. The summed E-state index contributed by atoms with van der Waals surface area (Å²) in [7, 11) is -2.02. The number of aryl methyl sites for hydroxylation is 2. The number of rotatable bonds is 8. The normalized spacial score (nSPS) is 11.3. The highest BCUT2D eigenvalue weighted by atomic mass is 32.2. The van der Waals surface area contributed by atoms with Gasteiger partial charge in [-0.15, -0.1) is 0 Å². The van der Waals surface area contributed by atoms with Gasteiger partial charge in [-0.1, -0.05) is 25.1 Å². The first kappa shape index (κ1) is 18.3. The summed E-state index contributed by atoms with van der Waals surface area (Å²) in [6.07, 6.45) is 0.868. The monoisotopic (exact) mass is 349 g/mol. The summed E-state index contributed by atoms with van der Waals surface area (Å²) in [5.74, 6) is 1.42. The van der Waals surface area contributed by atoms with Gasteiger partial charge < -0.3 is 9.47 Å². The van der Waals surface area contributed by atoms with Crippen LogP contribution in [-0.2, 0) is 16.4 Å². The average molecular weight is 349 g/mol. The summed E-state index contributed by atoms with van der Waals surface area (Å²) in [6, 6.07) is 12.6. The molecule has 24 heavy (non-hydrogen) atoms. The Kier molecular flexibility index (Phi) is 6.23. The van der Waals surface area contributed by atoms with Crippen LogP contribution in [0.3, 0.4) is 0 Å². The Labute approximate surface area is 143 Å². The van der Waals surface area contributed by atoms with Crippen LogP contribution in [-0.4, -0.2) is 28.7 Å². The van der Waals surface area contributed by atoms with Gasteiger partial charge in [0, 0.05) is 6.54 Å². The van der Waals surface area contributed by atoms with Crippen LogP contribution >= 0.6 is 0 Å². The van der Waals surface area contributed by atoms with E-state index in [9.17, 15) is 8.42 Å². The molecule has 0 bridgehead atoms. The second-order valence-corrected chi connectivity index (χ2v) is 7.07. The number of benzene rings is 2. The Bertz CT molecular complexity index is 787. The van der Waals surface area contributed by atoms with Crippen LogP contribution in [0.25, 0.3) is 0 Å². The lowest BCUT2D eigenvalue weighted by Gasteiger charge is -2.12. The quantitative estimate of drug-likeness (QED) is 0.744. The highest BCUT2D eigenvalue weighted by molar-refractivity contribution is 7.89. The maximum atomic E-state index is 12.4. The zero-order valence-electron chi connectivity index (χ0n) is 14.2. The summed E-state index contributed by atoms with van der Waals surface area (Å²) in [5, 5.41) is 0. The number of methoxy groups -OCH3 is 1. The van der Waals surface area contributed by atoms with Crippen LogP contribution < -0.4 is 14.2 Å². The molecule has 0 saturated carbocycles. The van der Waals surface area contributed by atoms with Crippen molar-refractivity contribution >= 4 is 10.0 Å². The molecule has 0 fully saturated rings. The Morgan fingerprint density at radius 1 is 1.12 bits per heavy atom. The molecule has 1 N–H and O–H groups in total. The fourth-order valence-corrected chi connectivity index (χ4v) is 3.64. The van der Waals surface area contributed by atoms with E-state index in [4.69, 9.17) is 9.47 Å². The van der Waals surface area contributed by atoms with Crippen LogP contribution in [0.15, 0.2) is 47.4 Å². The first-order valence-corrected chi connectivity index (χ1v) is 9.31. The van der Waals surface area contributed by atoms with E-state index in [1.807, 2.05) is 24.3 Å². The van der Waals surface area contributed by atoms with Crippen molar-refractivity contribution in [2.45, 2.75) is 25.2 Å². The van der Waals surface area contributed by atoms with E-state index in [1.165, 1.54) is 0 Å². The molecule has 0 aromatic heterocycles. The summed E-state index contributed by atoms with van der Waals surface area (Å²) < 4.78 is 38.1. The van der Waals surface area contributed by atoms with E-state index in [0.29, 0.717) is 11.3 Å². The van der Waals surface area contributed by atoms with Gasteiger partial charge in [0.25, 0.3) is 0 Å². The fraction of sp³-hybridized carbons (Fsp3) is 0.333. The first-order valence-electron chi connectivity index (χ1n) is 7.83. The van der Waals surface area contributed by atoms with Gasteiger partial charge >= 0.3 is 0 Å². The lowest BCUT2D eigenvalue weighted by Crippen LogP contribution is -2.28. The minimum Gasteiger partial charge on any atom is -0.497 e. The predicted molar refractivity (Wildman–Crippen MR) is 94.2 cm³/mol. The minimum absolute atomic E-state index is 0.200. The lowest BCUT2D eigenvalue weighted by molar-refractivity contribution is 0.320. The van der Waals surface area contributed by atoms with Gasteiger partial charge in [-0.3, -0.25) is 0 Å². The predicted octanol–water partition coefficient (Wildman–Crippen LogP) is 2.92. The molecule has 5 nitrogen and oxygen atoms in total. The van der Waals surface area contributed by atoms with Crippen LogP contribution in [0.2, 0.25) is 0 Å². The SMILES string of the molecule is CCc1ccccc1OCCNS(=O)(=O)c1ccc(OC)cc1C. The maximum Gasteiger partial charge on any atom is 0.240 e. The van der Waals surface area contributed by atoms with Gasteiger partial charge in [0.1, 0.15) is 18.1 Å². The molecule has 2 aromatic carbocycles. The molecule has 0 heterocycles. The molecular weight excluding hydrogens is 326 g/mol. The molecule has 0 aliphatic heterocycles. The number of hydrogen-bond donors (Lipinski definition) is 1. The van der Waals surface area contributed by atoms with Crippen molar-refractivity contribution in [2.75, 3.05) is 20.3 Å². The molecule has 2 aromatic rings. The lowest BCUT2D eigenvalue weighted by atomic mass is 10.1. The molecule has 2 rings (SSSR count). The van der Waals surface area contributed by atoms with E-state index in [-0.39, 0.29) is 18.0 Å². The third-order valence-electron chi connectivity index (χ3n) is 3.68. The van der Waals surface area contributed by atoms with Crippen molar-refractivity contribution in [3.8, 4) is 11.5 Å². The minimum atomic E-state index is -3.57. The van der Waals surface area contributed by atoms with Gasteiger partial charge in [-0.25, -0.2) is 13.1 Å². The second-order valence-electron chi connectivity index (χ2n) is 5.34. The van der Waals surface area contributed by atoms with Crippen molar-refractivity contribution in [3.05, 3.63) is 53.6 Å². The Hall–Kier alpha value is -2.05. The zero-order chi connectivity index (χ0) is 17.6. The molecule has 0 radical (unpaired) electrons. The average Bonchev–Trinajstić information content (AvgIpc) is 2.58. The topological polar surface area (TPSA) is 64.6 Å². The summed E-state index contributed by atoms with van der Waals surface area (Å²) >= 11 is 0. The fourth-order valence-electron chi connectivity index (χ4n) is 2.40. The molecule has 130 valence electrons. The Balaban J connectivity index is 1.96. The molecule has 0 unspecified atom stereocenters. The maximum absolute atomic E-state index is 12.4. The smallest absolute Gasteiger partial charge is 0.240 e. The van der Waals surface area contributed by atoms with Gasteiger partial charge in [0.2, 0.25) is 10.0 Å². The third-order valence-corrected chi connectivity index (χ3v) is 5.30. The van der Waals surface area contributed by atoms with Crippen molar-refractivity contribution < 1.29 is 17.9 Å². The van der Waals surface area contributed by atoms with Crippen LogP contribution in [0.4, 0.5) is 0 Å². The van der Waals surface area contributed by atoms with Gasteiger partial charge in [-0.2, -0.15) is 0 Å². The highest BCUT2D eigenvalue weighted by Crippen LogP contribution is 2.21. The Morgan fingerprint density at radius 3 is 2.54 bits per heavy atom. The first-order chi connectivity index (χ1) is 11.5. The second kappa shape index (κ2) is 8.17. The van der Waals surface area contributed by atoms with Crippen LogP contribution in [0.5, 0.6) is 11.5 Å². The van der Waals surface area contributed by atoms with E-state index >= 15 is 0 Å². The number of nitrogens with one attached hydrogen (secondary N) is 1. The molecule has 0 amide bonds. The molecule has 0 atom stereocenters. The number of para-hydroxylation sites is 1. The van der Waals surface area contributed by atoms with Crippen molar-refractivity contribution in [1.29, 1.82) is 0 Å². The van der Waals surface area contributed by atoms with Crippen LogP contribution in [0.1, 0.15) is 18.1 Å². The summed E-state index contributed by atoms with van der Waals surface area (Å²) in [5.41, 5.74) is 1.74. The summed E-state index contributed by atoms with van der Waals surface area (Å²) in [6.45, 7) is 4.26. The number of hydrogen-bond acceptors (Lipinski definition) is 4. The van der Waals surface area contributed by atoms with E-state index < -0.39 is 10.0 Å². The number of sulfonamides is 1. The molecule has 0 aliphatic rings. The molecule has 6 heteroatoms. The van der Waals surface area contributed by atoms with E-state index in [1.54, 1.807) is 32.2 Å². The standard InChI is InChI=1S/C18H23NO4S/c1-4-15-7-5-6-8-17(15)23-12-11-19-24(20,21)18-10-9-16(22-3)13-14(18)2/h5-10,13,19H,4,11-12H2,1-3H3. The van der Waals surface area contributed by atoms with Gasteiger partial charge in [0.05, 0.1) is 12.0 Å². The highest BCUT2D eigenvalue weighted by Gasteiger charge is 2.16. The largest absolute Gasteiger partial charge is 0.497 e. The van der Waals surface area contributed by atoms with E-state index in [2.05, 4.69) is 11.6 Å².